The molecule has 0 saturated carbocycles. The zero-order chi connectivity index (χ0) is 33.3. The van der Waals surface area contributed by atoms with E-state index in [0.717, 1.165) is 34.0 Å². The van der Waals surface area contributed by atoms with Gasteiger partial charge >= 0.3 is 0 Å². The molecule has 0 saturated heterocycles. The van der Waals surface area contributed by atoms with Crippen molar-refractivity contribution in [1.29, 1.82) is 0 Å². The summed E-state index contributed by atoms with van der Waals surface area (Å²) in [5, 5.41) is 21.0. The number of nitro benzene ring substituents is 1. The number of imidazole rings is 1. The highest BCUT2D eigenvalue weighted by atomic mass is 35.5. The van der Waals surface area contributed by atoms with Crippen molar-refractivity contribution in [2.45, 2.75) is 45.8 Å². The Balaban J connectivity index is 1.34. The van der Waals surface area contributed by atoms with Gasteiger partial charge in [0.15, 0.2) is 5.11 Å². The maximum atomic E-state index is 13.6. The number of halogens is 1. The highest BCUT2D eigenvalue weighted by Crippen LogP contribution is 2.24. The minimum atomic E-state index is -0.423. The van der Waals surface area contributed by atoms with Crippen LogP contribution in [0.1, 0.15) is 37.1 Å². The number of nitrogens with zero attached hydrogens (tertiary/aromatic N) is 4. The lowest BCUT2D eigenvalue weighted by atomic mass is 9.97. The number of anilines is 1. The van der Waals surface area contributed by atoms with Crippen molar-refractivity contribution in [2.24, 2.45) is 5.92 Å². The van der Waals surface area contributed by atoms with Crippen LogP contribution in [0, 0.1) is 16.0 Å². The molecule has 0 unspecified atom stereocenters. The van der Waals surface area contributed by atoms with Gasteiger partial charge in [-0.15, -0.1) is 0 Å². The molecule has 1 amide bonds. The van der Waals surface area contributed by atoms with Crippen molar-refractivity contribution < 1.29 is 9.72 Å². The molecule has 0 bridgehead atoms. The van der Waals surface area contributed by atoms with Crippen LogP contribution in [0.4, 0.5) is 11.4 Å². The summed E-state index contributed by atoms with van der Waals surface area (Å²) in [4.78, 5) is 30.5. The van der Waals surface area contributed by atoms with Gasteiger partial charge in [0.05, 0.1) is 28.4 Å². The van der Waals surface area contributed by atoms with Gasteiger partial charge in [0, 0.05) is 49.7 Å². The van der Waals surface area contributed by atoms with Crippen LogP contribution in [0.2, 0.25) is 5.02 Å². The lowest BCUT2D eigenvalue weighted by Gasteiger charge is -2.33. The average Bonchev–Trinajstić information content (AvgIpc) is 3.50. The van der Waals surface area contributed by atoms with E-state index >= 15 is 0 Å². The number of rotatable bonds is 13. The van der Waals surface area contributed by atoms with Crippen molar-refractivity contribution in [2.75, 3.05) is 11.9 Å². The largest absolute Gasteiger partial charge is 0.351 e. The van der Waals surface area contributed by atoms with Gasteiger partial charge in [-0.3, -0.25) is 14.9 Å². The zero-order valence-corrected chi connectivity index (χ0v) is 27.9. The number of nitrogens with one attached hydrogen (secondary N) is 2. The van der Waals surface area contributed by atoms with Crippen LogP contribution < -0.4 is 10.6 Å². The molecule has 5 rings (SSSR count). The summed E-state index contributed by atoms with van der Waals surface area (Å²) < 4.78 is 1.88. The van der Waals surface area contributed by atoms with Crippen LogP contribution in [0.3, 0.4) is 0 Å². The highest BCUT2D eigenvalue weighted by Gasteiger charge is 2.25. The van der Waals surface area contributed by atoms with Gasteiger partial charge < -0.3 is 20.1 Å². The molecule has 0 aliphatic heterocycles. The van der Waals surface area contributed by atoms with Gasteiger partial charge in [-0.25, -0.2) is 4.98 Å². The molecule has 0 aliphatic rings. The highest BCUT2D eigenvalue weighted by molar-refractivity contribution is 7.80. The summed E-state index contributed by atoms with van der Waals surface area (Å²) in [7, 11) is 0. The number of aromatic nitrogens is 2. The van der Waals surface area contributed by atoms with Crippen LogP contribution >= 0.6 is 23.8 Å². The molecule has 1 heterocycles. The molecule has 0 spiro atoms. The Labute approximate surface area is 284 Å². The number of fused-ring (bicyclic) bond motifs is 1. The number of thiocarbonyl (C=S) groups is 1. The van der Waals surface area contributed by atoms with E-state index in [-0.39, 0.29) is 30.0 Å². The quantitative estimate of drug-likeness (QED) is 0.0755. The Morgan fingerprint density at radius 1 is 1.04 bits per heavy atom. The third kappa shape index (κ3) is 8.72. The van der Waals surface area contributed by atoms with E-state index < -0.39 is 4.92 Å². The molecule has 242 valence electrons. The third-order valence-electron chi connectivity index (χ3n) is 8.38. The summed E-state index contributed by atoms with van der Waals surface area (Å²) in [5.41, 5.74) is 3.48. The molecule has 5 aromatic rings. The number of benzene rings is 4. The van der Waals surface area contributed by atoms with Crippen LogP contribution in [-0.2, 0) is 24.3 Å². The number of para-hydroxylation sites is 1. The number of hydrogen-bond donors (Lipinski definition) is 2. The number of hydrogen-bond acceptors (Lipinski definition) is 5. The van der Waals surface area contributed by atoms with E-state index in [0.29, 0.717) is 35.5 Å². The normalized spacial score (nSPS) is 12.3. The predicted molar refractivity (Wildman–Crippen MR) is 192 cm³/mol. The minimum absolute atomic E-state index is 0.0334. The molecular weight excluding hydrogens is 632 g/mol. The molecule has 47 heavy (non-hydrogen) atoms. The molecule has 9 nitrogen and oxygen atoms in total. The lowest BCUT2D eigenvalue weighted by Crippen LogP contribution is -2.50. The van der Waals surface area contributed by atoms with Crippen LogP contribution in [-0.4, -0.2) is 43.0 Å². The van der Waals surface area contributed by atoms with Crippen molar-refractivity contribution in [1.82, 2.24) is 19.8 Å². The number of nitro groups is 1. The van der Waals surface area contributed by atoms with Gasteiger partial charge in [0.1, 0.15) is 0 Å². The first-order valence-corrected chi connectivity index (χ1v) is 16.3. The fourth-order valence-corrected chi connectivity index (χ4v) is 5.91. The van der Waals surface area contributed by atoms with Crippen LogP contribution in [0.25, 0.3) is 10.8 Å². The first-order chi connectivity index (χ1) is 22.7. The Kier molecular flexibility index (Phi) is 11.2. The SMILES string of the molecule is CC[C@H](C)[C@@H](CN(Cc1cccc2ccccc12)C(=S)Nc1ccccc1Cl)NC(=O)Cc1cncn1Cc1ccc([N+](=O)[O-])cc1. The molecule has 2 N–H and O–H groups in total. The van der Waals surface area contributed by atoms with Crippen molar-refractivity contribution in [3.05, 3.63) is 135 Å². The summed E-state index contributed by atoms with van der Waals surface area (Å²) in [6.07, 6.45) is 4.33. The number of amides is 1. The van der Waals surface area contributed by atoms with E-state index in [1.165, 1.54) is 12.1 Å². The second-order valence-corrected chi connectivity index (χ2v) is 12.4. The maximum absolute atomic E-state index is 13.6. The summed E-state index contributed by atoms with van der Waals surface area (Å²) in [6.45, 7) is 5.68. The molecule has 0 aliphatic carbocycles. The second kappa shape index (κ2) is 15.7. The monoisotopic (exact) mass is 668 g/mol. The summed E-state index contributed by atoms with van der Waals surface area (Å²) >= 11 is 12.5. The van der Waals surface area contributed by atoms with E-state index in [4.69, 9.17) is 23.8 Å². The van der Waals surface area contributed by atoms with Gasteiger partial charge in [0.25, 0.3) is 5.69 Å². The Morgan fingerprint density at radius 3 is 2.51 bits per heavy atom. The molecule has 11 heteroatoms. The smallest absolute Gasteiger partial charge is 0.269 e. The zero-order valence-electron chi connectivity index (χ0n) is 26.3. The molecular formula is C36H37ClN6O3S. The Hall–Kier alpha value is -4.80. The van der Waals surface area contributed by atoms with Crippen molar-refractivity contribution in [3.8, 4) is 0 Å². The van der Waals surface area contributed by atoms with E-state index in [9.17, 15) is 14.9 Å². The Morgan fingerprint density at radius 2 is 1.77 bits per heavy atom. The van der Waals surface area contributed by atoms with E-state index in [2.05, 4.69) is 58.6 Å². The molecule has 1 aromatic heterocycles. The predicted octanol–water partition coefficient (Wildman–Crippen LogP) is 7.62. The maximum Gasteiger partial charge on any atom is 0.269 e. The lowest BCUT2D eigenvalue weighted by molar-refractivity contribution is -0.384. The van der Waals surface area contributed by atoms with E-state index in [1.807, 2.05) is 47.0 Å². The summed E-state index contributed by atoms with van der Waals surface area (Å²) in [5.74, 6) is 0.0259. The molecule has 0 fully saturated rings. The van der Waals surface area contributed by atoms with Gasteiger partial charge in [-0.1, -0.05) is 98.6 Å². The van der Waals surface area contributed by atoms with E-state index in [1.54, 1.807) is 24.7 Å². The first-order valence-electron chi connectivity index (χ1n) is 15.5. The van der Waals surface area contributed by atoms with Crippen molar-refractivity contribution in [3.63, 3.8) is 0 Å². The van der Waals surface area contributed by atoms with Crippen LogP contribution in [0.5, 0.6) is 0 Å². The number of non-ortho nitro benzene ring substituents is 1. The summed E-state index contributed by atoms with van der Waals surface area (Å²) in [6, 6.07) is 28.2. The fourth-order valence-electron chi connectivity index (χ4n) is 5.48. The topological polar surface area (TPSA) is 105 Å². The van der Waals surface area contributed by atoms with Gasteiger partial charge in [0.2, 0.25) is 5.91 Å². The van der Waals surface area contributed by atoms with Crippen molar-refractivity contribution >= 4 is 57.0 Å². The second-order valence-electron chi connectivity index (χ2n) is 11.6. The minimum Gasteiger partial charge on any atom is -0.351 e. The number of carbonyl (C=O) groups excluding carboxylic acids is 1. The number of carbonyl (C=O) groups is 1. The fraction of sp³-hybridized carbons (Fsp3) is 0.250. The van der Waals surface area contributed by atoms with Gasteiger partial charge in [-0.05, 0) is 52.2 Å². The third-order valence-corrected chi connectivity index (χ3v) is 9.07. The molecule has 4 aromatic carbocycles. The van der Waals surface area contributed by atoms with Crippen LogP contribution in [0.15, 0.2) is 104 Å². The first kappa shape index (κ1) is 33.6. The average molecular weight is 669 g/mol. The van der Waals surface area contributed by atoms with Gasteiger partial charge in [-0.2, -0.15) is 0 Å². The standard InChI is InChI=1S/C36H37ClN6O3S/c1-3-25(2)34(39-35(44)19-30-20-38-24-42(30)21-26-15-17-29(18-16-26)43(45)46)23-41(36(47)40-33-14-7-6-13-32(33)37)22-28-11-8-10-27-9-4-5-12-31(27)28/h4-18,20,24-25,34H,3,19,21-23H2,1-2H3,(H,39,44)(H,40,47)/t25-,34+/m0/s1. The molecule has 2 atom stereocenters. The Bertz CT molecular complexity index is 1860. The molecule has 0 radical (unpaired) electrons.